The van der Waals surface area contributed by atoms with Gasteiger partial charge >= 0.3 is 12.1 Å². The molecule has 1 N–H and O–H groups in total. The Hall–Kier alpha value is -3.14. The molecule has 2 aromatic rings. The maximum Gasteiger partial charge on any atom is 0.412 e. The molecule has 0 bridgehead atoms. The Morgan fingerprint density at radius 2 is 1.64 bits per heavy atom. The second kappa shape index (κ2) is 12.8. The molecule has 0 aliphatic carbocycles. The van der Waals surface area contributed by atoms with Crippen LogP contribution in [0, 0.1) is 0 Å². The molecule has 1 aliphatic rings. The van der Waals surface area contributed by atoms with Gasteiger partial charge in [0.15, 0.2) is 0 Å². The van der Waals surface area contributed by atoms with Crippen molar-refractivity contribution in [2.75, 3.05) is 52.8 Å². The van der Waals surface area contributed by atoms with Crippen LogP contribution in [-0.4, -0.2) is 71.0 Å². The third-order valence-corrected chi connectivity index (χ3v) is 4.57. The lowest BCUT2D eigenvalue weighted by atomic mass is 10.1. The molecule has 1 amide bonds. The minimum Gasteiger partial charge on any atom is -0.490 e. The Kier molecular flexibility index (Phi) is 9.49. The molecule has 1 fully saturated rings. The van der Waals surface area contributed by atoms with Gasteiger partial charge in [-0.2, -0.15) is 0 Å². The molecule has 33 heavy (non-hydrogen) atoms. The summed E-state index contributed by atoms with van der Waals surface area (Å²) in [6.45, 7) is 8.03. The largest absolute Gasteiger partial charge is 0.490 e. The van der Waals surface area contributed by atoms with E-state index >= 15 is 0 Å². The van der Waals surface area contributed by atoms with Crippen LogP contribution >= 0.6 is 0 Å². The first-order chi connectivity index (χ1) is 16.0. The maximum absolute atomic E-state index is 12.2. The summed E-state index contributed by atoms with van der Waals surface area (Å²) in [6, 6.07) is 11.1. The van der Waals surface area contributed by atoms with E-state index in [1.54, 1.807) is 13.0 Å². The highest BCUT2D eigenvalue weighted by molar-refractivity contribution is 5.94. The van der Waals surface area contributed by atoms with Crippen LogP contribution in [0.3, 0.4) is 0 Å². The molecule has 1 saturated heterocycles. The molecule has 0 aromatic heterocycles. The zero-order chi connectivity index (χ0) is 23.5. The highest BCUT2D eigenvalue weighted by Gasteiger charge is 2.23. The van der Waals surface area contributed by atoms with E-state index in [0.29, 0.717) is 37.8 Å². The van der Waals surface area contributed by atoms with Crippen LogP contribution in [0.25, 0.3) is 10.8 Å². The predicted molar refractivity (Wildman–Crippen MR) is 121 cm³/mol. The summed E-state index contributed by atoms with van der Waals surface area (Å²) in [5.74, 6) is 0.729. The molecule has 0 saturated carbocycles. The molecule has 1 heterocycles. The normalized spacial score (nSPS) is 14.5. The Bertz CT molecular complexity index is 957. The number of fused-ring (bicyclic) bond motifs is 1. The standard InChI is InChI=1S/C24H29NO8/c1-17(2)23(26)30-14-13-29-12-11-28-10-9-25-24(27)33-22-8-4-5-19-20(22)6-3-7-21(19)32-16-18-15-31-18/h3-8,18H,1,9-16H2,2H3,(H,25,27). The van der Waals surface area contributed by atoms with E-state index < -0.39 is 12.1 Å². The fourth-order valence-electron chi connectivity index (χ4n) is 2.81. The minimum atomic E-state index is -0.570. The van der Waals surface area contributed by atoms with Gasteiger partial charge in [-0.15, -0.1) is 0 Å². The zero-order valence-electron chi connectivity index (χ0n) is 18.7. The number of ether oxygens (including phenoxy) is 6. The van der Waals surface area contributed by atoms with Crippen LogP contribution in [0.15, 0.2) is 48.6 Å². The van der Waals surface area contributed by atoms with Crippen molar-refractivity contribution >= 4 is 22.8 Å². The van der Waals surface area contributed by atoms with Crippen molar-refractivity contribution < 1.29 is 38.0 Å². The number of rotatable bonds is 14. The summed E-state index contributed by atoms with van der Waals surface area (Å²) in [5.41, 5.74) is 0.350. The zero-order valence-corrected chi connectivity index (χ0v) is 18.7. The number of esters is 1. The van der Waals surface area contributed by atoms with Crippen molar-refractivity contribution in [3.8, 4) is 11.5 Å². The van der Waals surface area contributed by atoms with Gasteiger partial charge in [-0.3, -0.25) is 0 Å². The summed E-state index contributed by atoms with van der Waals surface area (Å²) in [5, 5.41) is 4.30. The number of benzene rings is 2. The van der Waals surface area contributed by atoms with Crippen molar-refractivity contribution in [2.45, 2.75) is 13.0 Å². The molecule has 2 aromatic carbocycles. The Labute approximate surface area is 192 Å². The first-order valence-corrected chi connectivity index (χ1v) is 10.7. The quantitative estimate of drug-likeness (QED) is 0.199. The second-order valence-electron chi connectivity index (χ2n) is 7.33. The molecular formula is C24H29NO8. The van der Waals surface area contributed by atoms with E-state index in [0.717, 1.165) is 23.1 Å². The summed E-state index contributed by atoms with van der Waals surface area (Å²) < 4.78 is 32.1. The third-order valence-electron chi connectivity index (χ3n) is 4.57. The average Bonchev–Trinajstić information content (AvgIpc) is 3.63. The fraction of sp³-hybridized carbons (Fsp3) is 0.417. The predicted octanol–water partition coefficient (Wildman–Crippen LogP) is 2.86. The summed E-state index contributed by atoms with van der Waals surface area (Å²) in [4.78, 5) is 23.4. The molecule has 0 spiro atoms. The van der Waals surface area contributed by atoms with E-state index in [2.05, 4.69) is 11.9 Å². The highest BCUT2D eigenvalue weighted by atomic mass is 16.6. The first-order valence-electron chi connectivity index (χ1n) is 10.7. The third kappa shape index (κ3) is 8.38. The van der Waals surface area contributed by atoms with Gasteiger partial charge in [0.1, 0.15) is 30.8 Å². The van der Waals surface area contributed by atoms with Crippen molar-refractivity contribution in [3.05, 3.63) is 48.6 Å². The highest BCUT2D eigenvalue weighted by Crippen LogP contribution is 2.32. The number of carbonyl (C=O) groups excluding carboxylic acids is 2. The number of hydrogen-bond donors (Lipinski definition) is 1. The molecule has 3 rings (SSSR count). The average molecular weight is 459 g/mol. The lowest BCUT2D eigenvalue weighted by Crippen LogP contribution is -2.30. The summed E-state index contributed by atoms with van der Waals surface area (Å²) >= 11 is 0. The SMILES string of the molecule is C=C(C)C(=O)OCCOCCOCCNC(=O)Oc1cccc2c(OCC3CO3)cccc12. The van der Waals surface area contributed by atoms with E-state index in [4.69, 9.17) is 28.4 Å². The molecule has 1 atom stereocenters. The van der Waals surface area contributed by atoms with Gasteiger partial charge in [-0.25, -0.2) is 9.59 Å². The molecular weight excluding hydrogens is 430 g/mol. The lowest BCUT2D eigenvalue weighted by Gasteiger charge is -2.12. The first kappa shape index (κ1) is 24.5. The smallest absolute Gasteiger partial charge is 0.412 e. The van der Waals surface area contributed by atoms with Gasteiger partial charge in [-0.1, -0.05) is 30.8 Å². The van der Waals surface area contributed by atoms with Crippen LogP contribution in [0.2, 0.25) is 0 Å². The monoisotopic (exact) mass is 459 g/mol. The van der Waals surface area contributed by atoms with Gasteiger partial charge in [0.25, 0.3) is 0 Å². The van der Waals surface area contributed by atoms with E-state index in [1.165, 1.54) is 0 Å². The van der Waals surface area contributed by atoms with Crippen LogP contribution in [-0.2, 0) is 23.7 Å². The fourth-order valence-corrected chi connectivity index (χ4v) is 2.81. The maximum atomic E-state index is 12.2. The van der Waals surface area contributed by atoms with Crippen molar-refractivity contribution in [1.82, 2.24) is 5.32 Å². The number of amides is 1. The molecule has 9 heteroatoms. The van der Waals surface area contributed by atoms with Gasteiger partial charge in [-0.05, 0) is 19.1 Å². The van der Waals surface area contributed by atoms with Gasteiger partial charge in [0.05, 0.1) is 33.0 Å². The van der Waals surface area contributed by atoms with Crippen LogP contribution in [0.5, 0.6) is 11.5 Å². The van der Waals surface area contributed by atoms with E-state index in [-0.39, 0.29) is 25.9 Å². The molecule has 178 valence electrons. The summed E-state index contributed by atoms with van der Waals surface area (Å²) in [6.07, 6.45) is -0.412. The van der Waals surface area contributed by atoms with Crippen molar-refractivity contribution in [1.29, 1.82) is 0 Å². The molecule has 1 aliphatic heterocycles. The Morgan fingerprint density at radius 1 is 1.00 bits per heavy atom. The number of hydrogen-bond acceptors (Lipinski definition) is 8. The van der Waals surface area contributed by atoms with Crippen LogP contribution in [0.1, 0.15) is 6.92 Å². The van der Waals surface area contributed by atoms with E-state index in [9.17, 15) is 9.59 Å². The number of carbonyl (C=O) groups is 2. The van der Waals surface area contributed by atoms with Crippen LogP contribution < -0.4 is 14.8 Å². The van der Waals surface area contributed by atoms with Gasteiger partial charge < -0.3 is 33.7 Å². The Balaban J connectivity index is 1.31. The number of nitrogens with one attached hydrogen (secondary N) is 1. The number of epoxide rings is 1. The lowest BCUT2D eigenvalue weighted by molar-refractivity contribution is -0.140. The minimum absolute atomic E-state index is 0.158. The Morgan fingerprint density at radius 3 is 2.33 bits per heavy atom. The van der Waals surface area contributed by atoms with Crippen molar-refractivity contribution in [2.24, 2.45) is 0 Å². The topological polar surface area (TPSA) is 105 Å². The summed E-state index contributed by atoms with van der Waals surface area (Å²) in [7, 11) is 0. The van der Waals surface area contributed by atoms with E-state index in [1.807, 2.05) is 30.3 Å². The van der Waals surface area contributed by atoms with Crippen molar-refractivity contribution in [3.63, 3.8) is 0 Å². The van der Waals surface area contributed by atoms with Crippen LogP contribution in [0.4, 0.5) is 4.79 Å². The van der Waals surface area contributed by atoms with Gasteiger partial charge in [0.2, 0.25) is 0 Å². The second-order valence-corrected chi connectivity index (χ2v) is 7.33. The molecule has 0 radical (unpaired) electrons. The molecule has 1 unspecified atom stereocenters. The molecule has 9 nitrogen and oxygen atoms in total. The van der Waals surface area contributed by atoms with Gasteiger partial charge in [0, 0.05) is 22.9 Å².